The molecule has 0 spiro atoms. The molecule has 0 aliphatic heterocycles. The lowest BCUT2D eigenvalue weighted by atomic mass is 9.95. The van der Waals surface area contributed by atoms with Crippen molar-refractivity contribution >= 4 is 15.8 Å². The Hall–Kier alpha value is -1.50. The van der Waals surface area contributed by atoms with Crippen molar-refractivity contribution in [1.29, 1.82) is 0 Å². The second-order valence-electron chi connectivity index (χ2n) is 4.86. The molecule has 1 fully saturated rings. The van der Waals surface area contributed by atoms with Gasteiger partial charge in [-0.15, -0.1) is 0 Å². The Kier molecular flexibility index (Phi) is 4.08. The van der Waals surface area contributed by atoms with Crippen molar-refractivity contribution < 1.29 is 21.5 Å². The Balaban J connectivity index is 2.04. The zero-order valence-electron chi connectivity index (χ0n) is 11.0. The largest absolute Gasteiger partial charge is 0.358 e. The van der Waals surface area contributed by atoms with Gasteiger partial charge in [0.1, 0.15) is 4.90 Å². The fourth-order valence-corrected chi connectivity index (χ4v) is 2.60. The molecule has 0 heterocycles. The first-order valence-electron chi connectivity index (χ1n) is 6.22. The van der Waals surface area contributed by atoms with Crippen LogP contribution >= 0.6 is 0 Å². The first-order valence-corrected chi connectivity index (χ1v) is 7.63. The molecule has 0 bridgehead atoms. The van der Waals surface area contributed by atoms with Gasteiger partial charge < -0.3 is 0 Å². The van der Waals surface area contributed by atoms with Crippen molar-refractivity contribution in [1.82, 2.24) is 0 Å². The fraction of sp³-hybridized carbons (Fsp3) is 0.462. The maximum absolute atomic E-state index is 12.9. The lowest BCUT2D eigenvalue weighted by Crippen LogP contribution is -2.24. The van der Waals surface area contributed by atoms with Crippen molar-refractivity contribution in [2.45, 2.75) is 43.4 Å². The SMILES string of the molecule is Cc1ccc(S(=O)(=O)ON=C2CCC(F)(F)CC2)cc1. The van der Waals surface area contributed by atoms with Gasteiger partial charge in [0, 0.05) is 12.8 Å². The molecule has 1 aromatic rings. The van der Waals surface area contributed by atoms with Gasteiger partial charge in [0.2, 0.25) is 5.92 Å². The maximum atomic E-state index is 12.9. The molecule has 0 unspecified atom stereocenters. The second kappa shape index (κ2) is 5.47. The van der Waals surface area contributed by atoms with Crippen molar-refractivity contribution in [3.05, 3.63) is 29.8 Å². The third-order valence-electron chi connectivity index (χ3n) is 3.13. The summed E-state index contributed by atoms with van der Waals surface area (Å²) in [6.07, 6.45) is -0.535. The van der Waals surface area contributed by atoms with Crippen LogP contribution < -0.4 is 0 Å². The standard InChI is InChI=1S/C13H15F2NO3S/c1-10-2-4-12(5-3-10)20(17,18)19-16-11-6-8-13(14,15)9-7-11/h2-5H,6-9H2,1H3. The first-order chi connectivity index (χ1) is 9.28. The van der Waals surface area contributed by atoms with Gasteiger partial charge in [-0.2, -0.15) is 8.42 Å². The molecular weight excluding hydrogens is 288 g/mol. The molecule has 7 heteroatoms. The average Bonchev–Trinajstić information content (AvgIpc) is 2.38. The van der Waals surface area contributed by atoms with E-state index in [1.54, 1.807) is 12.1 Å². The smallest absolute Gasteiger partial charge is 0.265 e. The number of halogens is 2. The summed E-state index contributed by atoms with van der Waals surface area (Å²) >= 11 is 0. The number of hydrogen-bond donors (Lipinski definition) is 0. The predicted octanol–water partition coefficient (Wildman–Crippen LogP) is 3.27. The number of nitrogens with zero attached hydrogens (tertiary/aromatic N) is 1. The van der Waals surface area contributed by atoms with E-state index in [0.29, 0.717) is 5.71 Å². The molecule has 1 aliphatic carbocycles. The molecule has 110 valence electrons. The Bertz CT molecular complexity index is 597. The molecule has 0 atom stereocenters. The van der Waals surface area contributed by atoms with E-state index in [9.17, 15) is 17.2 Å². The van der Waals surface area contributed by atoms with E-state index in [1.165, 1.54) is 12.1 Å². The molecule has 0 aromatic heterocycles. The van der Waals surface area contributed by atoms with Crippen molar-refractivity contribution in [2.24, 2.45) is 5.16 Å². The van der Waals surface area contributed by atoms with Crippen molar-refractivity contribution in [3.8, 4) is 0 Å². The molecule has 20 heavy (non-hydrogen) atoms. The molecule has 2 rings (SSSR count). The number of benzene rings is 1. The van der Waals surface area contributed by atoms with E-state index >= 15 is 0 Å². The Morgan fingerprint density at radius 3 is 2.25 bits per heavy atom. The molecule has 1 aliphatic rings. The van der Waals surface area contributed by atoms with Gasteiger partial charge in [0.05, 0.1) is 5.71 Å². The van der Waals surface area contributed by atoms with Crippen LogP contribution in [0.3, 0.4) is 0 Å². The van der Waals surface area contributed by atoms with Gasteiger partial charge in [-0.3, -0.25) is 4.28 Å². The van der Waals surface area contributed by atoms with Crippen LogP contribution in [-0.2, 0) is 14.4 Å². The maximum Gasteiger partial charge on any atom is 0.358 e. The summed E-state index contributed by atoms with van der Waals surface area (Å²) in [7, 11) is -3.98. The van der Waals surface area contributed by atoms with Crippen LogP contribution in [0.2, 0.25) is 0 Å². The second-order valence-corrected chi connectivity index (χ2v) is 6.38. The minimum atomic E-state index is -3.98. The topological polar surface area (TPSA) is 55.7 Å². The van der Waals surface area contributed by atoms with Crippen LogP contribution in [0, 0.1) is 6.92 Å². The highest BCUT2D eigenvalue weighted by Crippen LogP contribution is 2.31. The fourth-order valence-electron chi connectivity index (χ4n) is 1.85. The summed E-state index contributed by atoms with van der Waals surface area (Å²) in [6, 6.07) is 6.12. The number of rotatable bonds is 3. The molecule has 0 amide bonds. The molecule has 4 nitrogen and oxygen atoms in total. The monoisotopic (exact) mass is 303 g/mol. The summed E-state index contributed by atoms with van der Waals surface area (Å²) in [5, 5.41) is 3.51. The summed E-state index contributed by atoms with van der Waals surface area (Å²) in [6.45, 7) is 1.83. The lowest BCUT2D eigenvalue weighted by molar-refractivity contribution is -0.0184. The molecule has 1 aromatic carbocycles. The van der Waals surface area contributed by atoms with Gasteiger partial charge in [-0.25, -0.2) is 8.78 Å². The summed E-state index contributed by atoms with van der Waals surface area (Å²) in [5.74, 6) is -2.69. The van der Waals surface area contributed by atoms with Gasteiger partial charge >= 0.3 is 10.1 Å². The van der Waals surface area contributed by atoms with Crippen molar-refractivity contribution in [3.63, 3.8) is 0 Å². The normalized spacial score (nSPS) is 18.6. The minimum absolute atomic E-state index is 0.00594. The summed E-state index contributed by atoms with van der Waals surface area (Å²) in [5.41, 5.74) is 1.27. The van der Waals surface area contributed by atoms with E-state index in [1.807, 2.05) is 6.92 Å². The summed E-state index contributed by atoms with van der Waals surface area (Å²) in [4.78, 5) is -0.00594. The number of hydrogen-bond acceptors (Lipinski definition) is 4. The highest BCUT2D eigenvalue weighted by atomic mass is 32.2. The third kappa shape index (κ3) is 3.75. The van der Waals surface area contributed by atoms with Gasteiger partial charge in [0.15, 0.2) is 0 Å². The van der Waals surface area contributed by atoms with Crippen LogP contribution in [0.1, 0.15) is 31.2 Å². The Morgan fingerprint density at radius 1 is 1.15 bits per heavy atom. The molecule has 0 N–H and O–H groups in total. The zero-order chi connectivity index (χ0) is 14.8. The molecule has 0 radical (unpaired) electrons. The van der Waals surface area contributed by atoms with E-state index in [-0.39, 0.29) is 30.6 Å². The molecule has 1 saturated carbocycles. The van der Waals surface area contributed by atoms with E-state index in [0.717, 1.165) is 5.56 Å². The van der Waals surface area contributed by atoms with Crippen molar-refractivity contribution in [2.75, 3.05) is 0 Å². The zero-order valence-corrected chi connectivity index (χ0v) is 11.8. The number of alkyl halides is 2. The first kappa shape index (κ1) is 14.9. The van der Waals surface area contributed by atoms with Crippen LogP contribution in [0.15, 0.2) is 34.3 Å². The Labute approximate surface area is 116 Å². The highest BCUT2D eigenvalue weighted by molar-refractivity contribution is 7.86. The van der Waals surface area contributed by atoms with E-state index in [2.05, 4.69) is 9.44 Å². The van der Waals surface area contributed by atoms with Crippen LogP contribution in [0.4, 0.5) is 8.78 Å². The average molecular weight is 303 g/mol. The molecular formula is C13H15F2NO3S. The third-order valence-corrected chi connectivity index (χ3v) is 4.25. The van der Waals surface area contributed by atoms with Crippen LogP contribution in [0.5, 0.6) is 0 Å². The van der Waals surface area contributed by atoms with Gasteiger partial charge in [-0.1, -0.05) is 22.9 Å². The van der Waals surface area contributed by atoms with Gasteiger partial charge in [0.25, 0.3) is 0 Å². The Morgan fingerprint density at radius 2 is 1.70 bits per heavy atom. The minimum Gasteiger partial charge on any atom is -0.265 e. The molecule has 0 saturated heterocycles. The quantitative estimate of drug-likeness (QED) is 0.805. The van der Waals surface area contributed by atoms with Gasteiger partial charge in [-0.05, 0) is 31.9 Å². The van der Waals surface area contributed by atoms with E-state index in [4.69, 9.17) is 0 Å². The summed E-state index contributed by atoms with van der Waals surface area (Å²) < 4.78 is 54.1. The van der Waals surface area contributed by atoms with Crippen LogP contribution in [-0.4, -0.2) is 20.1 Å². The highest BCUT2D eigenvalue weighted by Gasteiger charge is 2.33. The predicted molar refractivity (Wildman–Crippen MR) is 70.3 cm³/mol. The van der Waals surface area contributed by atoms with E-state index < -0.39 is 16.0 Å². The van der Waals surface area contributed by atoms with Crippen LogP contribution in [0.25, 0.3) is 0 Å². The number of aryl methyl sites for hydroxylation is 1. The lowest BCUT2D eigenvalue weighted by Gasteiger charge is -2.21. The number of oxime groups is 1.